The molecule has 0 saturated heterocycles. The molecule has 0 amide bonds. The van der Waals surface area contributed by atoms with E-state index in [9.17, 15) is 0 Å². The highest BCUT2D eigenvalue weighted by Crippen LogP contribution is 2.01. The number of unbranched alkanes of at least 4 members (excludes halogenated alkanes) is 3. The van der Waals surface area contributed by atoms with Crippen LogP contribution in [0.1, 0.15) is 39.0 Å². The van der Waals surface area contributed by atoms with Crippen LogP contribution in [0, 0.1) is 0 Å². The van der Waals surface area contributed by atoms with Crippen molar-refractivity contribution >= 4 is 19.2 Å². The molecule has 1 aromatic carbocycles. The van der Waals surface area contributed by atoms with Gasteiger partial charge in [-0.1, -0.05) is 49.8 Å². The van der Waals surface area contributed by atoms with Gasteiger partial charge in [0.05, 0.1) is 0 Å². The summed E-state index contributed by atoms with van der Waals surface area (Å²) in [6, 6.07) is 10.4. The van der Waals surface area contributed by atoms with Gasteiger partial charge in [-0.25, -0.2) is 0 Å². The molecule has 1 rings (SSSR count). The Morgan fingerprint density at radius 1 is 1.05 bits per heavy atom. The summed E-state index contributed by atoms with van der Waals surface area (Å²) in [6.07, 6.45) is 7.53. The van der Waals surface area contributed by atoms with Crippen molar-refractivity contribution in [1.29, 1.82) is 0 Å². The molecule has 19 heavy (non-hydrogen) atoms. The molecule has 0 radical (unpaired) electrons. The Hall–Kier alpha value is -0.588. The summed E-state index contributed by atoms with van der Waals surface area (Å²) in [5.74, 6) is 0. The highest BCUT2D eigenvalue weighted by atomic mass is 27.2. The van der Waals surface area contributed by atoms with E-state index >= 15 is 0 Å². The average Bonchev–Trinajstić information content (AvgIpc) is 2.46. The molecule has 0 atom stereocenters. The lowest BCUT2D eigenvalue weighted by Gasteiger charge is -2.13. The highest BCUT2D eigenvalue weighted by Gasteiger charge is 2.27. The van der Waals surface area contributed by atoms with Crippen molar-refractivity contribution in [2.45, 2.75) is 39.0 Å². The first-order valence-corrected chi connectivity index (χ1v) is 8.79. The van der Waals surface area contributed by atoms with Crippen molar-refractivity contribution in [3.63, 3.8) is 0 Å². The molecule has 1 aromatic rings. The molecule has 0 aliphatic rings. The van der Waals surface area contributed by atoms with Gasteiger partial charge < -0.3 is 7.58 Å². The quantitative estimate of drug-likeness (QED) is 0.349. The first-order valence-electron chi connectivity index (χ1n) is 7.27. The minimum atomic E-state index is -1.70. The third kappa shape index (κ3) is 7.55. The van der Waals surface area contributed by atoms with Crippen LogP contribution in [-0.2, 0) is 7.58 Å². The van der Waals surface area contributed by atoms with E-state index in [1.807, 2.05) is 12.1 Å². The fraction of sp³-hybridized carbons (Fsp3) is 0.500. The number of benzene rings is 1. The van der Waals surface area contributed by atoms with Gasteiger partial charge in [0.2, 0.25) is 0 Å². The van der Waals surface area contributed by atoms with Gasteiger partial charge in [-0.3, -0.25) is 0 Å². The van der Waals surface area contributed by atoms with Crippen LogP contribution < -0.4 is 4.43 Å². The topological polar surface area (TPSA) is 18.5 Å². The van der Waals surface area contributed by atoms with E-state index in [-0.39, 0.29) is 0 Å². The minimum Gasteiger partial charge on any atom is -0.475 e. The van der Waals surface area contributed by atoms with Gasteiger partial charge in [0.15, 0.2) is 0 Å². The first-order chi connectivity index (χ1) is 9.38. The van der Waals surface area contributed by atoms with E-state index in [2.05, 4.69) is 37.8 Å². The van der Waals surface area contributed by atoms with Gasteiger partial charge in [-0.15, -0.1) is 6.58 Å². The second-order valence-corrected chi connectivity index (χ2v) is 6.62. The lowest BCUT2D eigenvalue weighted by molar-refractivity contribution is 0.201. The van der Waals surface area contributed by atoms with Crippen molar-refractivity contribution in [3.05, 3.63) is 43.0 Å². The summed E-state index contributed by atoms with van der Waals surface area (Å²) >= 11 is -1.70. The molecule has 2 nitrogen and oxygen atoms in total. The predicted molar refractivity (Wildman–Crippen MR) is 82.7 cm³/mol. The van der Waals surface area contributed by atoms with E-state index in [1.54, 1.807) is 0 Å². The number of hydrogen-bond acceptors (Lipinski definition) is 2. The molecule has 0 heterocycles. The van der Waals surface area contributed by atoms with Crippen molar-refractivity contribution in [3.8, 4) is 0 Å². The van der Waals surface area contributed by atoms with Crippen molar-refractivity contribution < 1.29 is 7.58 Å². The molecule has 0 unspecified atom stereocenters. The van der Waals surface area contributed by atoms with E-state index < -0.39 is 14.8 Å². The smallest absolute Gasteiger partial charge is 0.475 e. The Morgan fingerprint density at radius 3 is 2.37 bits per heavy atom. The zero-order valence-corrected chi connectivity index (χ0v) is 13.2. The summed E-state index contributed by atoms with van der Waals surface area (Å²) in [6.45, 7) is 7.53. The van der Waals surface area contributed by atoms with E-state index in [4.69, 9.17) is 7.58 Å². The fourth-order valence-corrected chi connectivity index (χ4v) is 3.55. The Morgan fingerprint density at radius 2 is 1.74 bits per heavy atom. The number of hydrogen-bond donors (Lipinski definition) is 0. The lowest BCUT2D eigenvalue weighted by Crippen LogP contribution is -2.37. The molecule has 0 aromatic heterocycles. The maximum Gasteiger partial charge on any atom is 0.718 e. The van der Waals surface area contributed by atoms with Crippen molar-refractivity contribution in [2.24, 2.45) is 0 Å². The average molecular weight is 276 g/mol. The molecule has 0 aliphatic carbocycles. The van der Waals surface area contributed by atoms with E-state index in [0.29, 0.717) is 0 Å². The van der Waals surface area contributed by atoms with Crippen molar-refractivity contribution in [2.75, 3.05) is 13.2 Å². The predicted octanol–water partition coefficient (Wildman–Crippen LogP) is 3.57. The van der Waals surface area contributed by atoms with Crippen molar-refractivity contribution in [1.82, 2.24) is 0 Å². The molecular formula is C16H25AlO2. The summed E-state index contributed by atoms with van der Waals surface area (Å²) < 4.78 is 13.2. The van der Waals surface area contributed by atoms with Gasteiger partial charge in [0, 0.05) is 13.2 Å². The van der Waals surface area contributed by atoms with Gasteiger partial charge >= 0.3 is 14.8 Å². The monoisotopic (exact) mass is 276 g/mol. The van der Waals surface area contributed by atoms with Crippen LogP contribution in [0.3, 0.4) is 0 Å². The molecule has 3 heteroatoms. The zero-order valence-electron chi connectivity index (χ0n) is 12.0. The van der Waals surface area contributed by atoms with E-state index in [0.717, 1.165) is 45.3 Å². The molecule has 104 valence electrons. The Kier molecular flexibility index (Phi) is 9.76. The molecule has 0 aliphatic heterocycles. The van der Waals surface area contributed by atoms with Crippen LogP contribution in [0.2, 0.25) is 0 Å². The molecule has 0 bridgehead atoms. The molecule has 0 N–H and O–H groups in total. The largest absolute Gasteiger partial charge is 0.718 e. The maximum atomic E-state index is 6.00. The Labute approximate surface area is 122 Å². The maximum absolute atomic E-state index is 6.00. The molecule has 0 saturated carbocycles. The van der Waals surface area contributed by atoms with Crippen LogP contribution in [0.4, 0.5) is 0 Å². The summed E-state index contributed by atoms with van der Waals surface area (Å²) in [5, 5.41) is 0. The summed E-state index contributed by atoms with van der Waals surface area (Å²) in [7, 11) is 0. The standard InChI is InChI=1S/C6H11O.C6H5.C4H9O.Al/c1-2-3-4-5-6-7;1-2-4-6-5-3-1;1-2-3-4-5;/h2H,1,3-6H2;1-5H;2-4H2,1H3;/q-1;;-1;+2. The SMILES string of the molecule is C=CCCCC[O][Al]([O]CCCC)[c]1ccccc1. The first kappa shape index (κ1) is 16.5. The Balaban J connectivity index is 2.38. The number of rotatable bonds is 11. The third-order valence-corrected chi connectivity index (χ3v) is 4.92. The van der Waals surface area contributed by atoms with E-state index in [1.165, 1.54) is 4.43 Å². The van der Waals surface area contributed by atoms with Crippen LogP contribution in [-0.4, -0.2) is 28.0 Å². The van der Waals surface area contributed by atoms with Crippen LogP contribution in [0.5, 0.6) is 0 Å². The summed E-state index contributed by atoms with van der Waals surface area (Å²) in [5.41, 5.74) is 0. The summed E-state index contributed by atoms with van der Waals surface area (Å²) in [4.78, 5) is 0. The van der Waals surface area contributed by atoms with Crippen LogP contribution >= 0.6 is 0 Å². The van der Waals surface area contributed by atoms with Gasteiger partial charge in [-0.2, -0.15) is 0 Å². The second kappa shape index (κ2) is 11.3. The third-order valence-electron chi connectivity index (χ3n) is 2.91. The van der Waals surface area contributed by atoms with Gasteiger partial charge in [0.1, 0.15) is 0 Å². The van der Waals surface area contributed by atoms with Crippen LogP contribution in [0.25, 0.3) is 0 Å². The van der Waals surface area contributed by atoms with Gasteiger partial charge in [-0.05, 0) is 30.1 Å². The Bertz CT molecular complexity index is 327. The molecule has 0 fully saturated rings. The zero-order chi connectivity index (χ0) is 13.8. The van der Waals surface area contributed by atoms with Gasteiger partial charge in [0.25, 0.3) is 0 Å². The molecular weight excluding hydrogens is 251 g/mol. The fourth-order valence-electron chi connectivity index (χ4n) is 1.77. The lowest BCUT2D eigenvalue weighted by atomic mass is 10.2. The van der Waals surface area contributed by atoms with Crippen LogP contribution in [0.15, 0.2) is 43.0 Å². The molecule has 0 spiro atoms. The number of allylic oxidation sites excluding steroid dienone is 1. The normalized spacial score (nSPS) is 10.4. The highest BCUT2D eigenvalue weighted by molar-refractivity contribution is 6.61. The minimum absolute atomic E-state index is 0.797. The second-order valence-electron chi connectivity index (χ2n) is 4.62.